The number of aliphatic hydroxyl groups excluding tert-OH is 2. The number of carbonyl (C=O) groups excluding carboxylic acids is 1. The molecule has 3 N–H and O–H groups in total. The van der Waals surface area contributed by atoms with Gasteiger partial charge in [0.25, 0.3) is 0 Å². The van der Waals surface area contributed by atoms with E-state index in [2.05, 4.69) is 55.6 Å². The van der Waals surface area contributed by atoms with Crippen molar-refractivity contribution < 1.29 is 15.0 Å². The summed E-state index contributed by atoms with van der Waals surface area (Å²) in [6.07, 6.45) is 81.7. The van der Waals surface area contributed by atoms with Crippen LogP contribution < -0.4 is 5.32 Å². The number of amides is 1. The second-order valence-corrected chi connectivity index (χ2v) is 20.8. The molecule has 4 nitrogen and oxygen atoms in total. The van der Waals surface area contributed by atoms with E-state index in [9.17, 15) is 15.0 Å². The number of aliphatic hydroxyl groups is 2. The molecule has 0 saturated carbocycles. The highest BCUT2D eigenvalue weighted by Gasteiger charge is 2.18. The minimum Gasteiger partial charge on any atom is -0.394 e. The van der Waals surface area contributed by atoms with Crippen LogP contribution in [0, 0.1) is 0 Å². The first-order valence-corrected chi connectivity index (χ1v) is 30.4. The Balaban J connectivity index is 3.40. The molecular weight excluding hydrogens is 819 g/mol. The second-order valence-electron chi connectivity index (χ2n) is 20.8. The number of hydrogen-bond acceptors (Lipinski definition) is 3. The summed E-state index contributed by atoms with van der Waals surface area (Å²) in [6, 6.07) is -0.637. The van der Waals surface area contributed by atoms with E-state index in [1.807, 2.05) is 6.08 Å². The zero-order valence-corrected chi connectivity index (χ0v) is 45.4. The zero-order valence-electron chi connectivity index (χ0n) is 45.4. The van der Waals surface area contributed by atoms with Gasteiger partial charge in [-0.2, -0.15) is 0 Å². The number of carbonyl (C=O) groups is 1. The number of rotatable bonds is 56. The minimum absolute atomic E-state index is 0.0686. The van der Waals surface area contributed by atoms with Crippen LogP contribution in [0.4, 0.5) is 0 Å². The van der Waals surface area contributed by atoms with Gasteiger partial charge in [-0.3, -0.25) is 4.79 Å². The molecule has 0 saturated heterocycles. The highest BCUT2D eigenvalue weighted by molar-refractivity contribution is 5.76. The first kappa shape index (κ1) is 65.3. The van der Waals surface area contributed by atoms with Crippen LogP contribution in [0.5, 0.6) is 0 Å². The van der Waals surface area contributed by atoms with Crippen molar-refractivity contribution in [1.82, 2.24) is 5.32 Å². The number of nitrogens with one attached hydrogen (secondary N) is 1. The van der Waals surface area contributed by atoms with Gasteiger partial charge in [0, 0.05) is 6.42 Å². The Morgan fingerprint density at radius 3 is 0.955 bits per heavy atom. The van der Waals surface area contributed by atoms with Gasteiger partial charge < -0.3 is 15.5 Å². The average molecular weight is 939 g/mol. The molecule has 2 unspecified atom stereocenters. The van der Waals surface area contributed by atoms with Crippen LogP contribution in [0.2, 0.25) is 0 Å². The molecule has 4 heteroatoms. The van der Waals surface area contributed by atoms with Crippen LogP contribution in [-0.2, 0) is 4.79 Å². The van der Waals surface area contributed by atoms with Crippen molar-refractivity contribution >= 4 is 5.91 Å². The molecule has 0 aliphatic heterocycles. The third-order valence-corrected chi connectivity index (χ3v) is 14.0. The van der Waals surface area contributed by atoms with Crippen LogP contribution in [0.15, 0.2) is 48.6 Å². The van der Waals surface area contributed by atoms with Crippen molar-refractivity contribution in [2.24, 2.45) is 0 Å². The lowest BCUT2D eigenvalue weighted by Crippen LogP contribution is -2.45. The van der Waals surface area contributed by atoms with Gasteiger partial charge in [0.15, 0.2) is 0 Å². The van der Waals surface area contributed by atoms with Crippen molar-refractivity contribution in [3.8, 4) is 0 Å². The van der Waals surface area contributed by atoms with Crippen LogP contribution in [0.3, 0.4) is 0 Å². The maximum Gasteiger partial charge on any atom is 0.220 e. The number of unbranched alkanes of at least 4 members (excludes halogenated alkanes) is 43. The predicted molar refractivity (Wildman–Crippen MR) is 299 cm³/mol. The Morgan fingerprint density at radius 1 is 0.358 bits per heavy atom. The molecule has 0 rings (SSSR count). The summed E-state index contributed by atoms with van der Waals surface area (Å²) in [6.45, 7) is 4.31. The van der Waals surface area contributed by atoms with E-state index in [0.717, 1.165) is 38.5 Å². The highest BCUT2D eigenvalue weighted by atomic mass is 16.3. The van der Waals surface area contributed by atoms with Crippen molar-refractivity contribution in [2.75, 3.05) is 6.61 Å². The van der Waals surface area contributed by atoms with E-state index in [1.54, 1.807) is 6.08 Å². The Kier molecular flexibility index (Phi) is 57.2. The van der Waals surface area contributed by atoms with Gasteiger partial charge in [-0.15, -0.1) is 0 Å². The highest BCUT2D eigenvalue weighted by Crippen LogP contribution is 2.17. The SMILES string of the molecule is CCCCCCC/C=C\C/C=C\CCCCCCCCCCCCCCCCCCCCCCCCCCCCCC(=O)NC(CO)C(O)/C=C/CC/C=C/CCCCCCCCCCCC. The summed E-state index contributed by atoms with van der Waals surface area (Å²) in [5.41, 5.74) is 0. The average Bonchev–Trinajstić information content (AvgIpc) is 3.33. The summed E-state index contributed by atoms with van der Waals surface area (Å²) in [7, 11) is 0. The van der Waals surface area contributed by atoms with E-state index in [1.165, 1.54) is 270 Å². The summed E-state index contributed by atoms with van der Waals surface area (Å²) >= 11 is 0. The fourth-order valence-corrected chi connectivity index (χ4v) is 9.41. The molecule has 0 aromatic carbocycles. The summed E-state index contributed by atoms with van der Waals surface area (Å²) in [5, 5.41) is 23.1. The smallest absolute Gasteiger partial charge is 0.220 e. The maximum atomic E-state index is 12.5. The molecule has 0 aliphatic carbocycles. The lowest BCUT2D eigenvalue weighted by atomic mass is 10.0. The van der Waals surface area contributed by atoms with E-state index >= 15 is 0 Å². The van der Waals surface area contributed by atoms with Gasteiger partial charge in [0.1, 0.15) is 0 Å². The largest absolute Gasteiger partial charge is 0.394 e. The van der Waals surface area contributed by atoms with Gasteiger partial charge in [-0.25, -0.2) is 0 Å². The van der Waals surface area contributed by atoms with Crippen molar-refractivity contribution in [1.29, 1.82) is 0 Å². The fourth-order valence-electron chi connectivity index (χ4n) is 9.41. The first-order valence-electron chi connectivity index (χ1n) is 30.4. The topological polar surface area (TPSA) is 69.6 Å². The fraction of sp³-hybridized carbons (Fsp3) is 0.857. The molecule has 0 aromatic heterocycles. The minimum atomic E-state index is -0.861. The third kappa shape index (κ3) is 55.2. The van der Waals surface area contributed by atoms with Crippen molar-refractivity contribution in [2.45, 2.75) is 341 Å². The standard InChI is InChI=1S/C63H119NO3/c1-3-5-7-9-11-13-15-17-19-21-22-23-24-25-26-27-28-29-30-31-32-33-34-35-36-37-38-39-40-41-42-43-45-47-49-51-53-55-57-59-63(67)64-61(60-65)62(66)58-56-54-52-50-48-46-44-20-18-16-14-12-10-8-6-4-2/h15,17,21-22,48,50,56,58,61-62,65-66H,3-14,16,18-20,23-47,49,51-55,57,59-60H2,1-2H3,(H,64,67)/b17-15-,22-21-,50-48+,58-56+. The van der Waals surface area contributed by atoms with Gasteiger partial charge in [0.2, 0.25) is 5.91 Å². The summed E-state index contributed by atoms with van der Waals surface area (Å²) in [4.78, 5) is 12.5. The Bertz CT molecular complexity index is 1060. The molecule has 0 aromatic rings. The molecular formula is C63H119NO3. The molecule has 0 aliphatic rings. The molecule has 0 bridgehead atoms. The van der Waals surface area contributed by atoms with Gasteiger partial charge in [-0.05, 0) is 64.2 Å². The lowest BCUT2D eigenvalue weighted by molar-refractivity contribution is -0.123. The number of allylic oxidation sites excluding steroid dienone is 7. The Morgan fingerprint density at radius 2 is 0.627 bits per heavy atom. The van der Waals surface area contributed by atoms with Crippen LogP contribution in [0.25, 0.3) is 0 Å². The first-order chi connectivity index (χ1) is 33.2. The molecule has 0 radical (unpaired) electrons. The predicted octanol–water partition coefficient (Wildman–Crippen LogP) is 20.2. The second kappa shape index (κ2) is 58.7. The Labute approximate surface area is 420 Å². The molecule has 2 atom stereocenters. The van der Waals surface area contributed by atoms with E-state index < -0.39 is 12.1 Å². The van der Waals surface area contributed by atoms with Crippen molar-refractivity contribution in [3.05, 3.63) is 48.6 Å². The molecule has 67 heavy (non-hydrogen) atoms. The maximum absolute atomic E-state index is 12.5. The Hall–Kier alpha value is -1.65. The van der Waals surface area contributed by atoms with Gasteiger partial charge in [-0.1, -0.05) is 306 Å². The zero-order chi connectivity index (χ0) is 48.5. The normalized spacial score (nSPS) is 13.1. The van der Waals surface area contributed by atoms with Crippen molar-refractivity contribution in [3.63, 3.8) is 0 Å². The van der Waals surface area contributed by atoms with E-state index in [0.29, 0.717) is 6.42 Å². The van der Waals surface area contributed by atoms with Crippen LogP contribution in [-0.4, -0.2) is 34.9 Å². The third-order valence-electron chi connectivity index (χ3n) is 14.0. The van der Waals surface area contributed by atoms with Gasteiger partial charge in [0.05, 0.1) is 18.8 Å². The quantitative estimate of drug-likeness (QED) is 0.0420. The van der Waals surface area contributed by atoms with Gasteiger partial charge >= 0.3 is 0 Å². The van der Waals surface area contributed by atoms with E-state index in [4.69, 9.17) is 0 Å². The van der Waals surface area contributed by atoms with Crippen LogP contribution in [0.1, 0.15) is 328 Å². The molecule has 0 fully saturated rings. The summed E-state index contributed by atoms with van der Waals surface area (Å²) < 4.78 is 0. The number of hydrogen-bond donors (Lipinski definition) is 3. The van der Waals surface area contributed by atoms with Crippen LogP contribution >= 0.6 is 0 Å². The molecule has 0 heterocycles. The molecule has 1 amide bonds. The monoisotopic (exact) mass is 938 g/mol. The lowest BCUT2D eigenvalue weighted by Gasteiger charge is -2.19. The molecule has 0 spiro atoms. The molecule has 394 valence electrons. The van der Waals surface area contributed by atoms with E-state index in [-0.39, 0.29) is 12.5 Å². The summed E-state index contributed by atoms with van der Waals surface area (Å²) in [5.74, 6) is -0.0686.